The van der Waals surface area contributed by atoms with Crippen molar-refractivity contribution in [2.45, 2.75) is 19.8 Å². The smallest absolute Gasteiger partial charge is 0.280 e. The summed E-state index contributed by atoms with van der Waals surface area (Å²) in [5.41, 5.74) is 1.23. The number of nitro benzene ring substituents is 1. The van der Waals surface area contributed by atoms with Gasteiger partial charge in [-0.2, -0.15) is 10.1 Å². The topological polar surface area (TPSA) is 106 Å². The van der Waals surface area contributed by atoms with Crippen molar-refractivity contribution in [1.82, 2.24) is 5.01 Å². The van der Waals surface area contributed by atoms with E-state index in [4.69, 9.17) is 4.42 Å². The van der Waals surface area contributed by atoms with Crippen LogP contribution >= 0.6 is 0 Å². The van der Waals surface area contributed by atoms with Gasteiger partial charge in [-0.05, 0) is 60.8 Å². The van der Waals surface area contributed by atoms with Crippen LogP contribution in [0.5, 0.6) is 0 Å². The van der Waals surface area contributed by atoms with Gasteiger partial charge in [-0.15, -0.1) is 0 Å². The molecule has 4 atom stereocenters. The fraction of sp³-hybridized carbons (Fsp3) is 0.348. The van der Waals surface area contributed by atoms with Crippen molar-refractivity contribution in [3.63, 3.8) is 0 Å². The fourth-order valence-corrected chi connectivity index (χ4v) is 5.86. The molecule has 2 amide bonds. The number of furan rings is 1. The number of carbonyl (C=O) groups is 2. The van der Waals surface area contributed by atoms with E-state index in [0.717, 1.165) is 23.4 Å². The lowest BCUT2D eigenvalue weighted by molar-refractivity contribution is -0.384. The average molecular weight is 417 g/mol. The monoisotopic (exact) mass is 417 g/mol. The molecule has 2 saturated carbocycles. The Balaban J connectivity index is 1.25. The number of nitrogens with zero attached hydrogens (tertiary/aromatic N) is 3. The summed E-state index contributed by atoms with van der Waals surface area (Å²) >= 11 is 0. The van der Waals surface area contributed by atoms with E-state index in [-0.39, 0.29) is 46.6 Å². The summed E-state index contributed by atoms with van der Waals surface area (Å²) in [6.07, 6.45) is 7.73. The van der Waals surface area contributed by atoms with Crippen molar-refractivity contribution >= 4 is 23.7 Å². The van der Waals surface area contributed by atoms with E-state index in [9.17, 15) is 19.7 Å². The molecular weight excluding hydrogens is 398 g/mol. The van der Waals surface area contributed by atoms with Gasteiger partial charge in [0.1, 0.15) is 11.5 Å². The average Bonchev–Trinajstić information content (AvgIpc) is 3.03. The third-order valence-electron chi connectivity index (χ3n) is 7.37. The predicted octanol–water partition coefficient (Wildman–Crippen LogP) is 3.69. The van der Waals surface area contributed by atoms with Crippen molar-refractivity contribution < 1.29 is 18.9 Å². The molecule has 1 aromatic carbocycles. The van der Waals surface area contributed by atoms with Crippen LogP contribution in [0.1, 0.15) is 24.2 Å². The first kappa shape index (κ1) is 18.2. The molecule has 1 spiro atoms. The van der Waals surface area contributed by atoms with Crippen LogP contribution in [0.3, 0.4) is 0 Å². The summed E-state index contributed by atoms with van der Waals surface area (Å²) in [5, 5.41) is 16.5. The summed E-state index contributed by atoms with van der Waals surface area (Å²) < 4.78 is 5.71. The summed E-state index contributed by atoms with van der Waals surface area (Å²) in [4.78, 5) is 36.8. The molecule has 1 aliphatic heterocycles. The number of amides is 2. The summed E-state index contributed by atoms with van der Waals surface area (Å²) in [6.45, 7) is 1.78. The number of rotatable bonds is 4. The molecule has 8 nitrogen and oxygen atoms in total. The number of nitro groups is 1. The maximum absolute atomic E-state index is 13.0. The van der Waals surface area contributed by atoms with Crippen molar-refractivity contribution in [2.24, 2.45) is 34.2 Å². The number of fused-ring (bicyclic) bond motifs is 3. The minimum Gasteiger partial charge on any atom is -0.455 e. The minimum atomic E-state index is -0.450. The third kappa shape index (κ3) is 2.38. The van der Waals surface area contributed by atoms with Gasteiger partial charge in [0.15, 0.2) is 0 Å². The zero-order valence-electron chi connectivity index (χ0n) is 16.7. The maximum atomic E-state index is 13.0. The number of imide groups is 1. The predicted molar refractivity (Wildman–Crippen MR) is 110 cm³/mol. The van der Waals surface area contributed by atoms with Crippen LogP contribution in [0.4, 0.5) is 5.69 Å². The van der Waals surface area contributed by atoms with Crippen LogP contribution in [-0.4, -0.2) is 28.0 Å². The highest BCUT2D eigenvalue weighted by Crippen LogP contribution is 2.73. The Bertz CT molecular complexity index is 1190. The van der Waals surface area contributed by atoms with Crippen molar-refractivity contribution in [3.8, 4) is 11.3 Å². The first-order valence-electron chi connectivity index (χ1n) is 10.4. The highest BCUT2D eigenvalue weighted by atomic mass is 16.6. The maximum Gasteiger partial charge on any atom is 0.280 e. The summed E-state index contributed by atoms with van der Waals surface area (Å²) in [7, 11) is 0. The van der Waals surface area contributed by atoms with Crippen LogP contribution in [0, 0.1) is 46.1 Å². The van der Waals surface area contributed by atoms with Gasteiger partial charge in [0, 0.05) is 6.07 Å². The van der Waals surface area contributed by atoms with Gasteiger partial charge in [-0.25, -0.2) is 0 Å². The van der Waals surface area contributed by atoms with Gasteiger partial charge in [0.2, 0.25) is 0 Å². The zero-order chi connectivity index (χ0) is 21.5. The van der Waals surface area contributed by atoms with Gasteiger partial charge in [0.05, 0.1) is 28.5 Å². The van der Waals surface area contributed by atoms with E-state index in [2.05, 4.69) is 17.3 Å². The Morgan fingerprint density at radius 1 is 1.13 bits per heavy atom. The molecular formula is C23H19N3O5. The third-order valence-corrected chi connectivity index (χ3v) is 7.37. The molecule has 0 radical (unpaired) electrons. The molecule has 4 unspecified atom stereocenters. The highest BCUT2D eigenvalue weighted by Gasteiger charge is 2.73. The van der Waals surface area contributed by atoms with Crippen LogP contribution in [0.15, 0.2) is 52.0 Å². The number of hydrogen-bond acceptors (Lipinski definition) is 6. The lowest BCUT2D eigenvalue weighted by atomic mass is 9.85. The molecule has 2 heterocycles. The van der Waals surface area contributed by atoms with Crippen molar-refractivity contribution in [2.75, 3.05) is 0 Å². The van der Waals surface area contributed by atoms with Gasteiger partial charge < -0.3 is 4.42 Å². The van der Waals surface area contributed by atoms with Gasteiger partial charge >= 0.3 is 0 Å². The van der Waals surface area contributed by atoms with E-state index < -0.39 is 4.92 Å². The molecule has 31 heavy (non-hydrogen) atoms. The first-order valence-corrected chi connectivity index (χ1v) is 10.4. The molecule has 1 aromatic heterocycles. The fourth-order valence-electron chi connectivity index (χ4n) is 5.86. The van der Waals surface area contributed by atoms with E-state index in [1.54, 1.807) is 31.2 Å². The lowest BCUT2D eigenvalue weighted by Crippen LogP contribution is -2.30. The lowest BCUT2D eigenvalue weighted by Gasteiger charge is -2.18. The molecule has 156 valence electrons. The largest absolute Gasteiger partial charge is 0.455 e. The SMILES string of the molecule is Cc1ccc(-c2ccc(C=NN3C(=O)C4C(C3=O)C3C=CC4C34CC4)o2)c([N+](=O)[O-])c1. The van der Waals surface area contributed by atoms with Crippen LogP contribution < -0.4 is 0 Å². The van der Waals surface area contributed by atoms with E-state index in [1.807, 2.05) is 0 Å². The number of carbonyl (C=O) groups excluding carboxylic acids is 2. The van der Waals surface area contributed by atoms with E-state index >= 15 is 0 Å². The first-order chi connectivity index (χ1) is 14.9. The van der Waals surface area contributed by atoms with Gasteiger partial charge in [-0.3, -0.25) is 19.7 Å². The number of hydrazone groups is 1. The molecule has 3 fully saturated rings. The molecule has 2 bridgehead atoms. The molecule has 3 aliphatic carbocycles. The number of hydrogen-bond donors (Lipinski definition) is 0. The quantitative estimate of drug-likeness (QED) is 0.248. The molecule has 0 N–H and O–H groups in total. The molecule has 8 heteroatoms. The standard InChI is InChI=1S/C23H19N3O5/c1-12-2-4-14(17(10-12)26(29)30)18-7-3-13(31-18)11-24-25-21(27)19-15-5-6-16(20(19)22(25)28)23(15)8-9-23/h2-7,10-11,15-16,19-20H,8-9H2,1H3. The second-order valence-electron chi connectivity index (χ2n) is 8.93. The van der Waals surface area contributed by atoms with Crippen LogP contribution in [-0.2, 0) is 9.59 Å². The van der Waals surface area contributed by atoms with Crippen LogP contribution in [0.2, 0.25) is 0 Å². The zero-order valence-corrected chi connectivity index (χ0v) is 16.7. The number of allylic oxidation sites excluding steroid dienone is 2. The molecule has 6 rings (SSSR count). The van der Waals surface area contributed by atoms with E-state index in [0.29, 0.717) is 17.1 Å². The summed E-state index contributed by atoms with van der Waals surface area (Å²) in [6, 6.07) is 8.12. The van der Waals surface area contributed by atoms with Crippen LogP contribution in [0.25, 0.3) is 11.3 Å². The second-order valence-corrected chi connectivity index (χ2v) is 8.93. The molecule has 1 saturated heterocycles. The number of benzene rings is 1. The van der Waals surface area contributed by atoms with Gasteiger partial charge in [-0.1, -0.05) is 18.2 Å². The highest BCUT2D eigenvalue weighted by molar-refractivity contribution is 6.07. The molecule has 4 aliphatic rings. The summed E-state index contributed by atoms with van der Waals surface area (Å²) in [5.74, 6) is -0.156. The second kappa shape index (κ2) is 6.00. The molecule has 2 aromatic rings. The Hall–Kier alpha value is -3.55. The van der Waals surface area contributed by atoms with Crippen molar-refractivity contribution in [3.05, 3.63) is 63.9 Å². The minimum absolute atomic E-state index is 0.0486. The van der Waals surface area contributed by atoms with E-state index in [1.165, 1.54) is 12.3 Å². The Labute approximate surface area is 177 Å². The van der Waals surface area contributed by atoms with Crippen molar-refractivity contribution in [1.29, 1.82) is 0 Å². The normalized spacial score (nSPS) is 29.5. The Morgan fingerprint density at radius 3 is 2.42 bits per heavy atom. The van der Waals surface area contributed by atoms with Gasteiger partial charge in [0.25, 0.3) is 17.5 Å². The number of aryl methyl sites for hydroxylation is 1. The Kier molecular flexibility index (Phi) is 3.53. The Morgan fingerprint density at radius 2 is 1.81 bits per heavy atom.